The molecule has 0 aliphatic carbocycles. The zero-order valence-corrected chi connectivity index (χ0v) is 15.9. The van der Waals surface area contributed by atoms with E-state index in [2.05, 4.69) is 15.6 Å². The van der Waals surface area contributed by atoms with Crippen LogP contribution in [0.15, 0.2) is 46.3 Å². The highest BCUT2D eigenvalue weighted by Gasteiger charge is 2.16. The van der Waals surface area contributed by atoms with Gasteiger partial charge in [-0.05, 0) is 24.6 Å². The molecule has 0 atom stereocenters. The number of hydrazone groups is 1. The number of aryl methyl sites for hydroxylation is 1. The number of hydrogen-bond acceptors (Lipinski definition) is 7. The predicted molar refractivity (Wildman–Crippen MR) is 108 cm³/mol. The molecule has 150 valence electrons. The number of phenols is 2. The van der Waals surface area contributed by atoms with Crippen molar-refractivity contribution in [2.24, 2.45) is 5.10 Å². The molecule has 0 radical (unpaired) electrons. The van der Waals surface area contributed by atoms with Gasteiger partial charge >= 0.3 is 0 Å². The van der Waals surface area contributed by atoms with E-state index in [-0.39, 0.29) is 28.5 Å². The Balaban J connectivity index is 1.91. The van der Waals surface area contributed by atoms with Crippen molar-refractivity contribution in [3.63, 3.8) is 0 Å². The molecule has 0 aliphatic heterocycles. The van der Waals surface area contributed by atoms with E-state index in [1.54, 1.807) is 24.3 Å². The van der Waals surface area contributed by atoms with Crippen LogP contribution in [-0.4, -0.2) is 39.2 Å². The zero-order chi connectivity index (χ0) is 21.0. The molecule has 0 fully saturated rings. The fraction of sp³-hybridized carbons (Fsp3) is 0.200. The van der Waals surface area contributed by atoms with Gasteiger partial charge in [0.2, 0.25) is 5.75 Å². The van der Waals surface area contributed by atoms with Crippen LogP contribution in [-0.2, 0) is 6.54 Å². The van der Waals surface area contributed by atoms with Crippen LogP contribution in [0.3, 0.4) is 0 Å². The van der Waals surface area contributed by atoms with Gasteiger partial charge < -0.3 is 14.9 Å². The van der Waals surface area contributed by atoms with Crippen LogP contribution in [0.5, 0.6) is 17.2 Å². The average molecular weight is 396 g/mol. The van der Waals surface area contributed by atoms with Crippen LogP contribution in [0, 0.1) is 0 Å². The summed E-state index contributed by atoms with van der Waals surface area (Å²) in [5.74, 6) is -1.28. The first-order valence-corrected chi connectivity index (χ1v) is 8.89. The molecule has 1 heterocycles. The smallest absolute Gasteiger partial charge is 0.292 e. The molecule has 0 saturated carbocycles. The van der Waals surface area contributed by atoms with Gasteiger partial charge in [0.25, 0.3) is 11.5 Å². The van der Waals surface area contributed by atoms with Gasteiger partial charge in [-0.1, -0.05) is 25.1 Å². The number of carbonyl (C=O) groups excluding carboxylic acids is 1. The summed E-state index contributed by atoms with van der Waals surface area (Å²) in [5, 5.41) is 28.3. The third-order valence-electron chi connectivity index (χ3n) is 4.20. The highest BCUT2D eigenvalue weighted by molar-refractivity contribution is 6.05. The number of hydrogen-bond donors (Lipinski definition) is 3. The Hall–Kier alpha value is -3.88. The van der Waals surface area contributed by atoms with Crippen molar-refractivity contribution in [3.8, 4) is 17.2 Å². The maximum atomic E-state index is 12.6. The summed E-state index contributed by atoms with van der Waals surface area (Å²) >= 11 is 0. The summed E-state index contributed by atoms with van der Waals surface area (Å²) in [6.45, 7) is 2.30. The third kappa shape index (κ3) is 4.03. The van der Waals surface area contributed by atoms with Crippen LogP contribution in [0.1, 0.15) is 29.4 Å². The zero-order valence-electron chi connectivity index (χ0n) is 15.9. The van der Waals surface area contributed by atoms with Crippen molar-refractivity contribution in [1.82, 2.24) is 15.2 Å². The normalized spacial score (nSPS) is 11.1. The Morgan fingerprint density at radius 3 is 2.69 bits per heavy atom. The van der Waals surface area contributed by atoms with Gasteiger partial charge in [0, 0.05) is 17.5 Å². The topological polar surface area (TPSA) is 126 Å². The number of aromatic hydroxyl groups is 2. The Morgan fingerprint density at radius 1 is 1.28 bits per heavy atom. The summed E-state index contributed by atoms with van der Waals surface area (Å²) in [4.78, 5) is 25.1. The van der Waals surface area contributed by atoms with Crippen LogP contribution in [0.4, 0.5) is 0 Å². The molecule has 3 aromatic rings. The van der Waals surface area contributed by atoms with Crippen LogP contribution in [0.25, 0.3) is 10.8 Å². The molecule has 1 aromatic heterocycles. The van der Waals surface area contributed by atoms with Crippen molar-refractivity contribution in [1.29, 1.82) is 0 Å². The Labute approximate surface area is 165 Å². The number of methoxy groups -OCH3 is 1. The highest BCUT2D eigenvalue weighted by Crippen LogP contribution is 2.35. The Bertz CT molecular complexity index is 1150. The molecule has 3 rings (SSSR count). The SMILES string of the molecule is CCCn1nc(C(=O)N/N=C/c2cc(O)c(O)c(OC)c2)c2ccccc2c1=O. The molecule has 0 saturated heterocycles. The summed E-state index contributed by atoms with van der Waals surface area (Å²) in [6, 6.07) is 9.46. The van der Waals surface area contributed by atoms with Gasteiger partial charge in [-0.25, -0.2) is 10.1 Å². The second-order valence-corrected chi connectivity index (χ2v) is 6.21. The lowest BCUT2D eigenvalue weighted by Crippen LogP contribution is -2.29. The number of ether oxygens (including phenoxy) is 1. The molecule has 9 nitrogen and oxygen atoms in total. The third-order valence-corrected chi connectivity index (χ3v) is 4.20. The largest absolute Gasteiger partial charge is 0.504 e. The number of aromatic nitrogens is 2. The standard InChI is InChI=1S/C20H20N4O5/c1-3-8-24-20(28)14-7-5-4-6-13(14)17(23-24)19(27)22-21-11-12-9-15(25)18(26)16(10-12)29-2/h4-7,9-11,25-26H,3,8H2,1-2H3,(H,22,27)/b21-11+. The summed E-state index contributed by atoms with van der Waals surface area (Å²) in [5.41, 5.74) is 2.59. The van der Waals surface area contributed by atoms with Crippen LogP contribution in [0.2, 0.25) is 0 Å². The van der Waals surface area contributed by atoms with E-state index in [1.165, 1.54) is 30.1 Å². The lowest BCUT2D eigenvalue weighted by Gasteiger charge is -2.09. The fourth-order valence-electron chi connectivity index (χ4n) is 2.83. The highest BCUT2D eigenvalue weighted by atomic mass is 16.5. The van der Waals surface area contributed by atoms with E-state index in [0.29, 0.717) is 29.3 Å². The van der Waals surface area contributed by atoms with E-state index in [1.807, 2.05) is 6.92 Å². The molecule has 2 aromatic carbocycles. The summed E-state index contributed by atoms with van der Waals surface area (Å²) in [7, 11) is 1.35. The number of phenolic OH excluding ortho intramolecular Hbond substituents is 2. The molecule has 9 heteroatoms. The molecule has 0 aliphatic rings. The van der Waals surface area contributed by atoms with E-state index < -0.39 is 5.91 Å². The number of carbonyl (C=O) groups is 1. The minimum atomic E-state index is -0.586. The van der Waals surface area contributed by atoms with Gasteiger partial charge in [0.1, 0.15) is 0 Å². The number of nitrogens with one attached hydrogen (secondary N) is 1. The van der Waals surface area contributed by atoms with Crippen molar-refractivity contribution >= 4 is 22.9 Å². The molecule has 0 unspecified atom stereocenters. The second kappa shape index (κ2) is 8.42. The van der Waals surface area contributed by atoms with Gasteiger partial charge in [-0.15, -0.1) is 0 Å². The average Bonchev–Trinajstić information content (AvgIpc) is 2.72. The Kier molecular flexibility index (Phi) is 5.77. The molecular weight excluding hydrogens is 376 g/mol. The molecular formula is C20H20N4O5. The number of benzene rings is 2. The van der Waals surface area contributed by atoms with Crippen molar-refractivity contribution < 1.29 is 19.7 Å². The van der Waals surface area contributed by atoms with Gasteiger partial charge in [-0.2, -0.15) is 10.2 Å². The Morgan fingerprint density at radius 2 is 2.00 bits per heavy atom. The predicted octanol–water partition coefficient (Wildman–Crippen LogP) is 1.99. The van der Waals surface area contributed by atoms with E-state index in [9.17, 15) is 19.8 Å². The lowest BCUT2D eigenvalue weighted by molar-refractivity contribution is 0.0949. The van der Waals surface area contributed by atoms with Crippen molar-refractivity contribution in [2.75, 3.05) is 7.11 Å². The number of rotatable bonds is 6. The molecule has 0 bridgehead atoms. The molecule has 29 heavy (non-hydrogen) atoms. The van der Waals surface area contributed by atoms with Crippen molar-refractivity contribution in [2.45, 2.75) is 19.9 Å². The number of fused-ring (bicyclic) bond motifs is 1. The summed E-state index contributed by atoms with van der Waals surface area (Å²) in [6.07, 6.45) is 1.97. The van der Waals surface area contributed by atoms with E-state index in [0.717, 1.165) is 0 Å². The quantitative estimate of drug-likeness (QED) is 0.332. The first kappa shape index (κ1) is 19.9. The number of nitrogens with zero attached hydrogens (tertiary/aromatic N) is 3. The number of amides is 1. The van der Waals surface area contributed by atoms with Crippen LogP contribution < -0.4 is 15.7 Å². The van der Waals surface area contributed by atoms with Crippen LogP contribution >= 0.6 is 0 Å². The van der Waals surface area contributed by atoms with Gasteiger partial charge in [0.05, 0.1) is 18.7 Å². The van der Waals surface area contributed by atoms with Gasteiger partial charge in [0.15, 0.2) is 17.2 Å². The second-order valence-electron chi connectivity index (χ2n) is 6.21. The maximum Gasteiger partial charge on any atom is 0.292 e. The molecule has 0 spiro atoms. The van der Waals surface area contributed by atoms with Crippen molar-refractivity contribution in [3.05, 3.63) is 58.0 Å². The van der Waals surface area contributed by atoms with E-state index in [4.69, 9.17) is 4.74 Å². The fourth-order valence-corrected chi connectivity index (χ4v) is 2.83. The van der Waals surface area contributed by atoms with E-state index >= 15 is 0 Å². The lowest BCUT2D eigenvalue weighted by atomic mass is 10.1. The molecule has 3 N–H and O–H groups in total. The minimum Gasteiger partial charge on any atom is -0.504 e. The monoisotopic (exact) mass is 396 g/mol. The maximum absolute atomic E-state index is 12.6. The summed E-state index contributed by atoms with van der Waals surface area (Å²) < 4.78 is 6.23. The first-order chi connectivity index (χ1) is 14.0. The minimum absolute atomic E-state index is 0.0667. The first-order valence-electron chi connectivity index (χ1n) is 8.89. The van der Waals surface area contributed by atoms with Gasteiger partial charge in [-0.3, -0.25) is 9.59 Å². The molecule has 1 amide bonds.